The second-order valence-electron chi connectivity index (χ2n) is 7.37. The highest BCUT2D eigenvalue weighted by Crippen LogP contribution is 2.30. The first-order chi connectivity index (χ1) is 14.3. The van der Waals surface area contributed by atoms with Crippen molar-refractivity contribution >= 4 is 32.5 Å². The van der Waals surface area contributed by atoms with E-state index in [4.69, 9.17) is 0 Å². The van der Waals surface area contributed by atoms with Crippen LogP contribution in [0.15, 0.2) is 52.3 Å². The summed E-state index contributed by atoms with van der Waals surface area (Å²) >= 11 is 0. The molecule has 152 valence electrons. The van der Waals surface area contributed by atoms with Crippen LogP contribution in [0.25, 0.3) is 10.8 Å². The maximum Gasteiger partial charge on any atom is 0.271 e. The molecule has 1 aliphatic rings. The smallest absolute Gasteiger partial charge is 0.271 e. The molecule has 0 radical (unpaired) electrons. The molecule has 0 unspecified atom stereocenters. The van der Waals surface area contributed by atoms with Crippen molar-refractivity contribution < 1.29 is 13.5 Å². The number of fused-ring (bicyclic) bond motifs is 1. The zero-order valence-corrected chi connectivity index (χ0v) is 17.1. The van der Waals surface area contributed by atoms with Gasteiger partial charge in [-0.3, -0.25) is 14.4 Å². The number of hydrogen-bond acceptors (Lipinski definition) is 6. The fraction of sp³-hybridized carbons (Fsp3) is 0.227. The molecular formula is C22H19N3O4S. The molecule has 0 aliphatic carbocycles. The molecule has 0 bridgehead atoms. The summed E-state index contributed by atoms with van der Waals surface area (Å²) < 4.78 is 24.8. The number of benzene rings is 2. The molecule has 1 aromatic heterocycles. The molecule has 0 spiro atoms. The molecule has 4 rings (SSSR count). The van der Waals surface area contributed by atoms with Crippen molar-refractivity contribution in [2.24, 2.45) is 4.99 Å². The molecule has 0 saturated carbocycles. The van der Waals surface area contributed by atoms with E-state index in [-0.39, 0.29) is 34.9 Å². The molecular weight excluding hydrogens is 402 g/mol. The van der Waals surface area contributed by atoms with Crippen LogP contribution in [0.4, 0.5) is 5.69 Å². The fourth-order valence-electron chi connectivity index (χ4n) is 3.81. The van der Waals surface area contributed by atoms with Crippen molar-refractivity contribution in [2.45, 2.75) is 19.4 Å². The number of aromatic nitrogens is 1. The number of nitrogens with zero attached hydrogens (tertiary/aromatic N) is 3. The Morgan fingerprint density at radius 2 is 1.97 bits per heavy atom. The Kier molecular flexibility index (Phi) is 4.92. The van der Waals surface area contributed by atoms with Gasteiger partial charge >= 0.3 is 0 Å². The Balaban J connectivity index is 1.82. The van der Waals surface area contributed by atoms with Crippen LogP contribution in [0.3, 0.4) is 0 Å². The van der Waals surface area contributed by atoms with Crippen LogP contribution in [0.5, 0.6) is 5.88 Å². The zero-order valence-electron chi connectivity index (χ0n) is 16.2. The minimum Gasteiger partial charge on any atom is -0.494 e. The average Bonchev–Trinajstić information content (AvgIpc) is 3.07. The molecule has 1 aliphatic heterocycles. The van der Waals surface area contributed by atoms with Gasteiger partial charge in [0.1, 0.15) is 11.6 Å². The van der Waals surface area contributed by atoms with E-state index in [1.807, 2.05) is 48.5 Å². The van der Waals surface area contributed by atoms with E-state index in [2.05, 4.69) is 4.99 Å². The molecule has 8 heteroatoms. The summed E-state index contributed by atoms with van der Waals surface area (Å²) in [5, 5.41) is 22.4. The maximum absolute atomic E-state index is 12.8. The first kappa shape index (κ1) is 19.9. The van der Waals surface area contributed by atoms with Gasteiger partial charge in [-0.25, -0.2) is 8.42 Å². The standard InChI is InChI=1S/C22H19N3O4S/c1-14-19(11-23)21(26)25(18-8-9-30(28,29)13-18)22(27)20(14)12-24-17-7-6-15-4-2-3-5-16(15)10-17/h2-7,10,12,18,27H,8-9,13H2,1H3/t18-/m0/s1. The van der Waals surface area contributed by atoms with Crippen molar-refractivity contribution in [1.82, 2.24) is 4.57 Å². The lowest BCUT2D eigenvalue weighted by Crippen LogP contribution is -2.29. The lowest BCUT2D eigenvalue weighted by Gasteiger charge is -2.18. The van der Waals surface area contributed by atoms with Gasteiger partial charge < -0.3 is 5.11 Å². The molecule has 3 aromatic rings. The van der Waals surface area contributed by atoms with E-state index in [1.165, 1.54) is 6.21 Å². The molecule has 7 nitrogen and oxygen atoms in total. The predicted molar refractivity (Wildman–Crippen MR) is 115 cm³/mol. The Labute approximate surface area is 173 Å². The summed E-state index contributed by atoms with van der Waals surface area (Å²) in [6.07, 6.45) is 1.62. The van der Waals surface area contributed by atoms with Gasteiger partial charge in [0.05, 0.1) is 28.8 Å². The number of rotatable bonds is 3. The van der Waals surface area contributed by atoms with Crippen molar-refractivity contribution in [3.8, 4) is 11.9 Å². The molecule has 1 saturated heterocycles. The molecule has 2 aromatic carbocycles. The maximum atomic E-state index is 12.8. The second kappa shape index (κ2) is 7.43. The number of sulfone groups is 1. The summed E-state index contributed by atoms with van der Waals surface area (Å²) in [6.45, 7) is 1.57. The van der Waals surface area contributed by atoms with Crippen LogP contribution < -0.4 is 5.56 Å². The van der Waals surface area contributed by atoms with Crippen molar-refractivity contribution in [3.63, 3.8) is 0 Å². The molecule has 0 amide bonds. The number of hydrogen-bond donors (Lipinski definition) is 1. The van der Waals surface area contributed by atoms with E-state index >= 15 is 0 Å². The summed E-state index contributed by atoms with van der Waals surface area (Å²) in [5.41, 5.74) is 0.368. The normalized spacial score (nSPS) is 18.1. The third kappa shape index (κ3) is 3.48. The first-order valence-corrected chi connectivity index (χ1v) is 11.2. The fourth-order valence-corrected chi connectivity index (χ4v) is 5.51. The Hall–Kier alpha value is -3.44. The van der Waals surface area contributed by atoms with Gasteiger partial charge in [0.2, 0.25) is 5.88 Å². The van der Waals surface area contributed by atoms with Gasteiger partial charge in [-0.15, -0.1) is 0 Å². The van der Waals surface area contributed by atoms with Crippen LogP contribution in [0.2, 0.25) is 0 Å². The van der Waals surface area contributed by atoms with Crippen LogP contribution >= 0.6 is 0 Å². The average molecular weight is 421 g/mol. The summed E-state index contributed by atoms with van der Waals surface area (Å²) in [5.74, 6) is -0.668. The summed E-state index contributed by atoms with van der Waals surface area (Å²) in [6, 6.07) is 14.7. The second-order valence-corrected chi connectivity index (χ2v) is 9.60. The number of aliphatic imine (C=N–C) groups is 1. The highest BCUT2D eigenvalue weighted by molar-refractivity contribution is 7.91. The van der Waals surface area contributed by atoms with E-state index in [9.17, 15) is 23.6 Å². The Morgan fingerprint density at radius 1 is 1.23 bits per heavy atom. The van der Waals surface area contributed by atoms with Gasteiger partial charge in [0.25, 0.3) is 5.56 Å². The van der Waals surface area contributed by atoms with E-state index in [0.29, 0.717) is 11.3 Å². The lowest BCUT2D eigenvalue weighted by molar-refractivity contribution is 0.379. The highest BCUT2D eigenvalue weighted by atomic mass is 32.2. The van der Waals surface area contributed by atoms with Crippen molar-refractivity contribution in [1.29, 1.82) is 5.26 Å². The Morgan fingerprint density at radius 3 is 2.63 bits per heavy atom. The van der Waals surface area contributed by atoms with E-state index in [1.54, 1.807) is 6.92 Å². The predicted octanol–water partition coefficient (Wildman–Crippen LogP) is 3.00. The monoisotopic (exact) mass is 421 g/mol. The third-order valence-corrected chi connectivity index (χ3v) is 7.19. The van der Waals surface area contributed by atoms with Gasteiger partial charge in [-0.1, -0.05) is 30.3 Å². The van der Waals surface area contributed by atoms with E-state index in [0.717, 1.165) is 15.3 Å². The van der Waals surface area contributed by atoms with Gasteiger partial charge in [-0.05, 0) is 41.8 Å². The largest absolute Gasteiger partial charge is 0.494 e. The zero-order chi connectivity index (χ0) is 21.5. The molecule has 30 heavy (non-hydrogen) atoms. The van der Waals surface area contributed by atoms with Crippen LogP contribution in [-0.2, 0) is 9.84 Å². The van der Waals surface area contributed by atoms with Crippen LogP contribution in [-0.4, -0.2) is 35.8 Å². The molecule has 1 atom stereocenters. The minimum atomic E-state index is -3.28. The van der Waals surface area contributed by atoms with Gasteiger partial charge in [0, 0.05) is 6.21 Å². The van der Waals surface area contributed by atoms with Gasteiger partial charge in [0.15, 0.2) is 9.84 Å². The summed E-state index contributed by atoms with van der Waals surface area (Å²) in [4.78, 5) is 17.2. The lowest BCUT2D eigenvalue weighted by atomic mass is 10.0. The number of pyridine rings is 1. The van der Waals surface area contributed by atoms with Crippen molar-refractivity contribution in [2.75, 3.05) is 11.5 Å². The summed E-state index contributed by atoms with van der Waals surface area (Å²) in [7, 11) is -3.28. The van der Waals surface area contributed by atoms with E-state index < -0.39 is 21.4 Å². The molecule has 1 fully saturated rings. The van der Waals surface area contributed by atoms with Crippen LogP contribution in [0, 0.1) is 18.3 Å². The molecule has 1 N–H and O–H groups in total. The SMILES string of the molecule is Cc1c(C=Nc2ccc3ccccc3c2)c(O)n([C@H]2CCS(=O)(=O)C2)c(=O)c1C#N. The van der Waals surface area contributed by atoms with Crippen molar-refractivity contribution in [3.05, 3.63) is 69.5 Å². The highest BCUT2D eigenvalue weighted by Gasteiger charge is 2.33. The third-order valence-electron chi connectivity index (χ3n) is 5.44. The number of nitriles is 1. The Bertz CT molecular complexity index is 1400. The molecule has 2 heterocycles. The minimum absolute atomic E-state index is 0.0557. The number of aromatic hydroxyl groups is 1. The first-order valence-electron chi connectivity index (χ1n) is 9.42. The van der Waals surface area contributed by atoms with Gasteiger partial charge in [-0.2, -0.15) is 5.26 Å². The van der Waals surface area contributed by atoms with Crippen LogP contribution in [0.1, 0.15) is 29.2 Å². The quantitative estimate of drug-likeness (QED) is 0.653. The topological polar surface area (TPSA) is 113 Å².